The van der Waals surface area contributed by atoms with Gasteiger partial charge in [0.05, 0.1) is 6.54 Å². The van der Waals surface area contributed by atoms with Gasteiger partial charge in [0.1, 0.15) is 6.10 Å². The topological polar surface area (TPSA) is 131 Å². The van der Waals surface area contributed by atoms with Crippen molar-refractivity contribution in [2.45, 2.75) is 38.3 Å². The summed E-state index contributed by atoms with van der Waals surface area (Å²) in [6.45, 7) is 6.15. The number of rotatable bonds is 10. The van der Waals surface area contributed by atoms with Crippen molar-refractivity contribution in [2.24, 2.45) is 17.4 Å². The predicted molar refractivity (Wildman–Crippen MR) is 121 cm³/mol. The largest absolute Gasteiger partial charge is 0.446 e. The molecule has 0 unspecified atom stereocenters. The van der Waals surface area contributed by atoms with Gasteiger partial charge in [-0.3, -0.25) is 14.5 Å². The number of hydrogen-bond acceptors (Lipinski definition) is 7. The van der Waals surface area contributed by atoms with Crippen LogP contribution in [-0.4, -0.2) is 79.5 Å². The van der Waals surface area contributed by atoms with Crippen molar-refractivity contribution >= 4 is 17.8 Å². The molecule has 2 aliphatic heterocycles. The standard InChI is InChI=1S/C23H35N5O4/c24-22(30)19-5-10-28(11-6-19)16-17-1-3-18(4-2-17)21(29)15-26-9-14-27-12-7-20(8-13-27)32-23(25)31/h1-4,19-20,26H,5-16H2,(H2,24,30)(H2,25,31). The van der Waals surface area contributed by atoms with Gasteiger partial charge in [0.25, 0.3) is 0 Å². The normalized spacial score (nSPS) is 19.0. The van der Waals surface area contributed by atoms with Crippen molar-refractivity contribution in [3.05, 3.63) is 35.4 Å². The fourth-order valence-corrected chi connectivity index (χ4v) is 4.39. The summed E-state index contributed by atoms with van der Waals surface area (Å²) >= 11 is 0. The van der Waals surface area contributed by atoms with Crippen LogP contribution in [0.4, 0.5) is 4.79 Å². The van der Waals surface area contributed by atoms with Gasteiger partial charge in [-0.05, 0) is 44.3 Å². The number of Topliss-reactive ketones (excluding diaryl/α,β-unsaturated/α-hetero) is 1. The van der Waals surface area contributed by atoms with E-state index in [1.807, 2.05) is 24.3 Å². The molecule has 2 saturated heterocycles. The molecule has 0 saturated carbocycles. The zero-order valence-corrected chi connectivity index (χ0v) is 18.6. The Bertz CT molecular complexity index is 769. The summed E-state index contributed by atoms with van der Waals surface area (Å²) in [6.07, 6.45) is 2.42. The third-order valence-corrected chi connectivity index (χ3v) is 6.38. The van der Waals surface area contributed by atoms with E-state index in [2.05, 4.69) is 15.1 Å². The molecule has 1 aromatic rings. The summed E-state index contributed by atoms with van der Waals surface area (Å²) in [4.78, 5) is 39.2. The lowest BCUT2D eigenvalue weighted by atomic mass is 9.96. The van der Waals surface area contributed by atoms with Crippen LogP contribution >= 0.6 is 0 Å². The Kier molecular flexibility index (Phi) is 9.01. The molecule has 0 atom stereocenters. The number of ketones is 1. The molecule has 1 aromatic carbocycles. The highest BCUT2D eigenvalue weighted by molar-refractivity contribution is 5.97. The summed E-state index contributed by atoms with van der Waals surface area (Å²) in [6, 6.07) is 7.79. The van der Waals surface area contributed by atoms with Crippen LogP contribution in [0.2, 0.25) is 0 Å². The Balaban J connectivity index is 1.31. The van der Waals surface area contributed by atoms with Gasteiger partial charge < -0.3 is 26.4 Å². The number of carbonyl (C=O) groups excluding carboxylic acids is 3. The SMILES string of the molecule is NC(=O)OC1CCN(CCNCC(=O)c2ccc(CN3CCC(C(N)=O)CC3)cc2)CC1. The van der Waals surface area contributed by atoms with Crippen molar-refractivity contribution in [3.8, 4) is 0 Å². The van der Waals surface area contributed by atoms with Gasteiger partial charge in [0, 0.05) is 44.2 Å². The minimum Gasteiger partial charge on any atom is -0.446 e. The fourth-order valence-electron chi connectivity index (χ4n) is 4.39. The molecular formula is C23H35N5O4. The first-order chi connectivity index (χ1) is 15.4. The summed E-state index contributed by atoms with van der Waals surface area (Å²) in [7, 11) is 0. The summed E-state index contributed by atoms with van der Waals surface area (Å²) < 4.78 is 5.04. The highest BCUT2D eigenvalue weighted by atomic mass is 16.6. The molecule has 3 rings (SSSR count). The third kappa shape index (κ3) is 7.58. The Hall–Kier alpha value is -2.49. The second-order valence-corrected chi connectivity index (χ2v) is 8.73. The van der Waals surface area contributed by atoms with E-state index < -0.39 is 6.09 Å². The Morgan fingerprint density at radius 2 is 1.56 bits per heavy atom. The Morgan fingerprint density at radius 1 is 0.938 bits per heavy atom. The second kappa shape index (κ2) is 11.9. The highest BCUT2D eigenvalue weighted by Crippen LogP contribution is 2.19. The lowest BCUT2D eigenvalue weighted by Crippen LogP contribution is -2.42. The molecule has 32 heavy (non-hydrogen) atoms. The van der Waals surface area contributed by atoms with Gasteiger partial charge in [-0.2, -0.15) is 0 Å². The number of benzene rings is 1. The van der Waals surface area contributed by atoms with E-state index in [0.29, 0.717) is 12.1 Å². The van der Waals surface area contributed by atoms with Crippen LogP contribution in [0.1, 0.15) is 41.6 Å². The minimum absolute atomic E-state index is 0.00132. The summed E-state index contributed by atoms with van der Waals surface area (Å²) in [5, 5.41) is 3.23. The van der Waals surface area contributed by atoms with Crippen molar-refractivity contribution < 1.29 is 19.1 Å². The maximum Gasteiger partial charge on any atom is 0.404 e. The average Bonchev–Trinajstić information content (AvgIpc) is 2.78. The van der Waals surface area contributed by atoms with Crippen LogP contribution in [0.15, 0.2) is 24.3 Å². The number of amides is 2. The lowest BCUT2D eigenvalue weighted by Gasteiger charge is -2.31. The molecule has 0 spiro atoms. The van der Waals surface area contributed by atoms with Gasteiger partial charge >= 0.3 is 6.09 Å². The number of nitrogens with one attached hydrogen (secondary N) is 1. The number of hydrogen-bond donors (Lipinski definition) is 3. The first-order valence-corrected chi connectivity index (χ1v) is 11.4. The van der Waals surface area contributed by atoms with Crippen LogP contribution in [0.3, 0.4) is 0 Å². The van der Waals surface area contributed by atoms with Crippen molar-refractivity contribution in [2.75, 3.05) is 45.8 Å². The maximum absolute atomic E-state index is 12.5. The van der Waals surface area contributed by atoms with Gasteiger partial charge in [0.2, 0.25) is 5.91 Å². The molecule has 0 bridgehead atoms. The minimum atomic E-state index is -0.707. The summed E-state index contributed by atoms with van der Waals surface area (Å²) in [5.74, 6) is -0.116. The van der Waals surface area contributed by atoms with E-state index in [1.54, 1.807) is 0 Å². The molecule has 2 aliphatic rings. The van der Waals surface area contributed by atoms with Crippen LogP contribution in [0, 0.1) is 5.92 Å². The molecule has 9 nitrogen and oxygen atoms in total. The quantitative estimate of drug-likeness (QED) is 0.357. The maximum atomic E-state index is 12.5. The molecule has 9 heteroatoms. The van der Waals surface area contributed by atoms with E-state index in [1.165, 1.54) is 0 Å². The number of piperidine rings is 2. The smallest absolute Gasteiger partial charge is 0.404 e. The van der Waals surface area contributed by atoms with E-state index in [-0.39, 0.29) is 23.7 Å². The first kappa shape index (κ1) is 24.2. The Morgan fingerprint density at radius 3 is 2.16 bits per heavy atom. The zero-order chi connectivity index (χ0) is 22.9. The number of nitrogens with zero attached hydrogens (tertiary/aromatic N) is 2. The van der Waals surface area contributed by atoms with Gasteiger partial charge in [0.15, 0.2) is 5.78 Å². The summed E-state index contributed by atoms with van der Waals surface area (Å²) in [5.41, 5.74) is 12.3. The number of primary amides is 2. The number of ether oxygens (including phenoxy) is 1. The number of likely N-dealkylation sites (tertiary alicyclic amines) is 2. The van der Waals surface area contributed by atoms with Crippen LogP contribution in [0.5, 0.6) is 0 Å². The second-order valence-electron chi connectivity index (χ2n) is 8.73. The monoisotopic (exact) mass is 445 g/mol. The predicted octanol–water partition coefficient (Wildman–Crippen LogP) is 0.716. The molecule has 0 aromatic heterocycles. The van der Waals surface area contributed by atoms with Crippen molar-refractivity contribution in [3.63, 3.8) is 0 Å². The zero-order valence-electron chi connectivity index (χ0n) is 18.6. The number of nitrogens with two attached hydrogens (primary N) is 2. The first-order valence-electron chi connectivity index (χ1n) is 11.4. The van der Waals surface area contributed by atoms with Gasteiger partial charge in [-0.15, -0.1) is 0 Å². The van der Waals surface area contributed by atoms with Crippen LogP contribution in [-0.2, 0) is 16.1 Å². The molecule has 2 heterocycles. The van der Waals surface area contributed by atoms with Crippen LogP contribution < -0.4 is 16.8 Å². The van der Waals surface area contributed by atoms with E-state index in [4.69, 9.17) is 16.2 Å². The van der Waals surface area contributed by atoms with E-state index >= 15 is 0 Å². The number of carbonyl (C=O) groups is 3. The van der Waals surface area contributed by atoms with Crippen molar-refractivity contribution in [1.29, 1.82) is 0 Å². The van der Waals surface area contributed by atoms with Gasteiger partial charge in [-0.25, -0.2) is 4.79 Å². The van der Waals surface area contributed by atoms with Crippen LogP contribution in [0.25, 0.3) is 0 Å². The fraction of sp³-hybridized carbons (Fsp3) is 0.609. The van der Waals surface area contributed by atoms with E-state index in [9.17, 15) is 14.4 Å². The average molecular weight is 446 g/mol. The van der Waals surface area contributed by atoms with E-state index in [0.717, 1.165) is 77.1 Å². The Labute approximate surface area is 189 Å². The molecule has 0 aliphatic carbocycles. The third-order valence-electron chi connectivity index (χ3n) is 6.38. The molecule has 176 valence electrons. The van der Waals surface area contributed by atoms with Crippen molar-refractivity contribution in [1.82, 2.24) is 15.1 Å². The lowest BCUT2D eigenvalue weighted by molar-refractivity contribution is -0.123. The molecule has 5 N–H and O–H groups in total. The molecule has 0 radical (unpaired) electrons. The molecule has 2 fully saturated rings. The molecular weight excluding hydrogens is 410 g/mol. The van der Waals surface area contributed by atoms with Gasteiger partial charge in [-0.1, -0.05) is 24.3 Å². The molecule has 2 amide bonds. The highest BCUT2D eigenvalue weighted by Gasteiger charge is 2.23.